The van der Waals surface area contributed by atoms with Gasteiger partial charge in [0.05, 0.1) is 24.1 Å². The first-order chi connectivity index (χ1) is 13.6. The van der Waals surface area contributed by atoms with Gasteiger partial charge in [0, 0.05) is 12.4 Å². The van der Waals surface area contributed by atoms with Crippen molar-refractivity contribution in [1.29, 1.82) is 0 Å². The van der Waals surface area contributed by atoms with Crippen LogP contribution in [0, 0.1) is 6.92 Å². The van der Waals surface area contributed by atoms with Gasteiger partial charge in [-0.1, -0.05) is 6.07 Å². The number of hydrogen-bond donors (Lipinski definition) is 3. The predicted octanol–water partition coefficient (Wildman–Crippen LogP) is 2.16. The van der Waals surface area contributed by atoms with Crippen molar-refractivity contribution in [2.75, 3.05) is 0 Å². The van der Waals surface area contributed by atoms with Crippen LogP contribution in [0.4, 0.5) is 13.2 Å². The van der Waals surface area contributed by atoms with Crippen LogP contribution in [0.1, 0.15) is 48.1 Å². The quantitative estimate of drug-likeness (QED) is 0.722. The van der Waals surface area contributed by atoms with Gasteiger partial charge in [0.25, 0.3) is 0 Å². The summed E-state index contributed by atoms with van der Waals surface area (Å²) in [6.07, 6.45) is -2.17. The number of benzene rings is 1. The fraction of sp³-hybridized carbons (Fsp3) is 0.368. The number of alkyl halides is 3. The Bertz CT molecular complexity index is 904. The van der Waals surface area contributed by atoms with Gasteiger partial charge in [0.15, 0.2) is 5.82 Å². The highest BCUT2D eigenvalue weighted by molar-refractivity contribution is 5.89. The molecule has 2 amide bonds. The first-order valence-corrected chi connectivity index (χ1v) is 8.95. The molecule has 3 unspecified atom stereocenters. The van der Waals surface area contributed by atoms with Crippen LogP contribution in [0.5, 0.6) is 0 Å². The van der Waals surface area contributed by atoms with E-state index in [2.05, 4.69) is 25.9 Å². The first kappa shape index (κ1) is 20.7. The highest BCUT2D eigenvalue weighted by atomic mass is 19.4. The minimum absolute atomic E-state index is 0.0755. The molecular formula is C19H20F3N5O2. The van der Waals surface area contributed by atoms with E-state index in [4.69, 9.17) is 0 Å². The second-order valence-electron chi connectivity index (χ2n) is 6.83. The van der Waals surface area contributed by atoms with Gasteiger partial charge in [-0.2, -0.15) is 13.2 Å². The van der Waals surface area contributed by atoms with Crippen LogP contribution in [0.2, 0.25) is 0 Å². The Balaban J connectivity index is 1.70. The minimum Gasteiger partial charge on any atom is -0.348 e. The summed E-state index contributed by atoms with van der Waals surface area (Å²) in [5.41, 5.74) is 0.237. The number of rotatable bonds is 4. The lowest BCUT2D eigenvalue weighted by atomic mass is 9.99. The Hall–Kier alpha value is -3.01. The topological polar surface area (TPSA) is 96.0 Å². The van der Waals surface area contributed by atoms with Crippen LogP contribution in [-0.2, 0) is 15.8 Å². The molecule has 10 heteroatoms. The van der Waals surface area contributed by atoms with Crippen molar-refractivity contribution in [3.63, 3.8) is 0 Å². The lowest BCUT2D eigenvalue weighted by Crippen LogP contribution is -2.56. The summed E-state index contributed by atoms with van der Waals surface area (Å²) in [6.45, 7) is 3.23. The van der Waals surface area contributed by atoms with Gasteiger partial charge in [-0.15, -0.1) is 0 Å². The zero-order valence-electron chi connectivity index (χ0n) is 15.7. The van der Waals surface area contributed by atoms with E-state index in [1.165, 1.54) is 18.5 Å². The van der Waals surface area contributed by atoms with Crippen molar-refractivity contribution in [3.05, 3.63) is 59.2 Å². The van der Waals surface area contributed by atoms with E-state index in [0.717, 1.165) is 12.1 Å². The molecule has 1 fully saturated rings. The molecule has 2 aromatic rings. The van der Waals surface area contributed by atoms with Gasteiger partial charge in [-0.05, 0) is 43.2 Å². The molecule has 3 rings (SSSR count). The number of amides is 2. The molecule has 2 heterocycles. The Kier molecular flexibility index (Phi) is 5.83. The van der Waals surface area contributed by atoms with E-state index in [1.807, 2.05) is 0 Å². The summed E-state index contributed by atoms with van der Waals surface area (Å²) in [5.74, 6) is -0.447. The molecule has 29 heavy (non-hydrogen) atoms. The number of carbonyl (C=O) groups excluding carboxylic acids is 2. The fourth-order valence-corrected chi connectivity index (χ4v) is 3.20. The smallest absolute Gasteiger partial charge is 0.348 e. The second kappa shape index (κ2) is 8.16. The van der Waals surface area contributed by atoms with E-state index < -0.39 is 35.9 Å². The molecule has 0 saturated carbocycles. The highest BCUT2D eigenvalue weighted by Gasteiger charge is 2.34. The molecule has 1 aliphatic rings. The summed E-state index contributed by atoms with van der Waals surface area (Å²) < 4.78 is 38.5. The standard InChI is InChI=1S/C19H20F3N5O2/c1-10-8-12(19(20,21)22)4-5-13(10)11(2)25-18(29)14-9-15(28)27-17(26-14)16-23-6-3-7-24-16/h3-8,11,14,17,26H,9H2,1-2H3,(H,25,29)(H,27,28). The van der Waals surface area contributed by atoms with E-state index in [1.54, 1.807) is 19.9 Å². The number of halogens is 3. The Morgan fingerprint density at radius 2 is 1.97 bits per heavy atom. The normalized spacial score (nSPS) is 20.7. The second-order valence-corrected chi connectivity index (χ2v) is 6.83. The van der Waals surface area contributed by atoms with Crippen LogP contribution in [0.15, 0.2) is 36.7 Å². The zero-order valence-corrected chi connectivity index (χ0v) is 15.7. The number of nitrogens with one attached hydrogen (secondary N) is 3. The van der Waals surface area contributed by atoms with Gasteiger partial charge in [0.1, 0.15) is 6.17 Å². The van der Waals surface area contributed by atoms with Gasteiger partial charge in [0.2, 0.25) is 11.8 Å². The van der Waals surface area contributed by atoms with Crippen molar-refractivity contribution < 1.29 is 22.8 Å². The molecule has 1 aromatic heterocycles. The molecule has 1 aliphatic heterocycles. The third-order valence-electron chi connectivity index (χ3n) is 4.65. The molecule has 1 aromatic carbocycles. The molecule has 3 atom stereocenters. The summed E-state index contributed by atoms with van der Waals surface area (Å²) >= 11 is 0. The van der Waals surface area contributed by atoms with Crippen LogP contribution in [0.3, 0.4) is 0 Å². The van der Waals surface area contributed by atoms with Gasteiger partial charge < -0.3 is 10.6 Å². The number of aryl methyl sites for hydroxylation is 1. The van der Waals surface area contributed by atoms with Crippen LogP contribution < -0.4 is 16.0 Å². The largest absolute Gasteiger partial charge is 0.416 e. The summed E-state index contributed by atoms with van der Waals surface area (Å²) in [4.78, 5) is 32.8. The van der Waals surface area contributed by atoms with Crippen LogP contribution in [0.25, 0.3) is 0 Å². The third-order valence-corrected chi connectivity index (χ3v) is 4.65. The average molecular weight is 407 g/mol. The number of nitrogens with zero attached hydrogens (tertiary/aromatic N) is 2. The Morgan fingerprint density at radius 1 is 1.28 bits per heavy atom. The predicted molar refractivity (Wildman–Crippen MR) is 97.2 cm³/mol. The molecule has 3 N–H and O–H groups in total. The monoisotopic (exact) mass is 407 g/mol. The number of hydrogen-bond acceptors (Lipinski definition) is 5. The fourth-order valence-electron chi connectivity index (χ4n) is 3.20. The lowest BCUT2D eigenvalue weighted by molar-refractivity contribution is -0.137. The van der Waals surface area contributed by atoms with Crippen molar-refractivity contribution in [3.8, 4) is 0 Å². The van der Waals surface area contributed by atoms with Gasteiger partial charge in [-0.25, -0.2) is 9.97 Å². The maximum atomic E-state index is 12.8. The maximum Gasteiger partial charge on any atom is 0.416 e. The molecule has 0 bridgehead atoms. The SMILES string of the molecule is Cc1cc(C(F)(F)F)ccc1C(C)NC(=O)C1CC(=O)NC(c2ncccn2)N1. The van der Waals surface area contributed by atoms with E-state index in [0.29, 0.717) is 17.0 Å². The van der Waals surface area contributed by atoms with Crippen molar-refractivity contribution in [2.45, 2.75) is 44.7 Å². The van der Waals surface area contributed by atoms with Gasteiger partial charge >= 0.3 is 6.18 Å². The molecular weight excluding hydrogens is 387 g/mol. The summed E-state index contributed by atoms with van der Waals surface area (Å²) in [6, 6.07) is 3.65. The van der Waals surface area contributed by atoms with Crippen LogP contribution >= 0.6 is 0 Å². The first-order valence-electron chi connectivity index (χ1n) is 8.95. The molecule has 0 radical (unpaired) electrons. The lowest BCUT2D eigenvalue weighted by Gasteiger charge is -2.30. The van der Waals surface area contributed by atoms with Crippen molar-refractivity contribution in [2.24, 2.45) is 0 Å². The minimum atomic E-state index is -4.43. The third kappa shape index (κ3) is 4.89. The number of aromatic nitrogens is 2. The Morgan fingerprint density at radius 3 is 2.59 bits per heavy atom. The molecule has 0 aliphatic carbocycles. The average Bonchev–Trinajstić information content (AvgIpc) is 2.67. The summed E-state index contributed by atoms with van der Waals surface area (Å²) in [7, 11) is 0. The Labute approximate surface area is 165 Å². The van der Waals surface area contributed by atoms with Crippen LogP contribution in [-0.4, -0.2) is 27.8 Å². The molecule has 7 nitrogen and oxygen atoms in total. The maximum absolute atomic E-state index is 12.8. The van der Waals surface area contributed by atoms with Crippen molar-refractivity contribution in [1.82, 2.24) is 25.9 Å². The zero-order chi connectivity index (χ0) is 21.2. The van der Waals surface area contributed by atoms with Gasteiger partial charge in [-0.3, -0.25) is 14.9 Å². The summed E-state index contributed by atoms with van der Waals surface area (Å²) in [5, 5.41) is 8.41. The molecule has 154 valence electrons. The van der Waals surface area contributed by atoms with E-state index in [9.17, 15) is 22.8 Å². The van der Waals surface area contributed by atoms with Crippen molar-refractivity contribution >= 4 is 11.8 Å². The van der Waals surface area contributed by atoms with E-state index in [-0.39, 0.29) is 12.3 Å². The number of carbonyl (C=O) groups is 2. The molecule has 1 saturated heterocycles. The van der Waals surface area contributed by atoms with E-state index >= 15 is 0 Å². The molecule has 0 spiro atoms. The highest BCUT2D eigenvalue weighted by Crippen LogP contribution is 2.31.